The predicted octanol–water partition coefficient (Wildman–Crippen LogP) is -11.0. The third-order valence-electron chi connectivity index (χ3n) is 13.2. The maximum Gasteiger partial charge on any atom is 0.187 e. The molecule has 28 heteroatoms. The second-order valence-corrected chi connectivity index (χ2v) is 17.1. The van der Waals surface area contributed by atoms with E-state index in [2.05, 4.69) is 0 Å². The van der Waals surface area contributed by atoms with Crippen molar-refractivity contribution in [3.05, 3.63) is 0 Å². The zero-order valence-electron chi connectivity index (χ0n) is 33.5. The van der Waals surface area contributed by atoms with Crippen LogP contribution < -0.4 is 0 Å². The SMILES string of the molecule is OC[C@H]1O[C@@H](O)[C@H](O)[C@@H](O[C@@H]2O[C@H]3CO[C@@H]([C@@H]2O)[C@@H]3O[C@@H]2O[C@H](CO)[C@H](O)[C@H](O[C@@H]3O[C@H]4CO[C@@H]([C@@H]3O)[C@@H]4O[C@@H]3O[C@H](CO)[C@H](O)[C@H](O[C@@H]4O[C@H]5CO[C@@H]([C@@H]4O)[C@@H]5O)[C@H]3O)[C@H]2O)[C@H]1O. The topological polar surface area (TPSA) is 412 Å². The predicted molar refractivity (Wildman–Crippen MR) is 189 cm³/mol. The van der Waals surface area contributed by atoms with Gasteiger partial charge in [-0.05, 0) is 0 Å². The number of ether oxygens (including phenoxy) is 14. The fraction of sp³-hybridized carbons (Fsp3) is 1.00. The summed E-state index contributed by atoms with van der Waals surface area (Å²) in [6, 6.07) is 0. The summed E-state index contributed by atoms with van der Waals surface area (Å²) in [7, 11) is 0. The molecule has 28 nitrogen and oxygen atoms in total. The van der Waals surface area contributed by atoms with Gasteiger partial charge in [-0.25, -0.2) is 0 Å². The van der Waals surface area contributed by atoms with E-state index in [1.165, 1.54) is 0 Å². The molecule has 0 aromatic carbocycles. The maximum atomic E-state index is 11.5. The van der Waals surface area contributed by atoms with Crippen molar-refractivity contribution in [1.82, 2.24) is 0 Å². The van der Waals surface area contributed by atoms with E-state index in [0.29, 0.717) is 0 Å². The molecule has 6 bridgehead atoms. The molecule has 0 spiro atoms. The molecule has 0 amide bonds. The normalized spacial score (nSPS) is 57.3. The van der Waals surface area contributed by atoms with Gasteiger partial charge in [0.15, 0.2) is 37.7 Å². The van der Waals surface area contributed by atoms with Crippen LogP contribution in [0.5, 0.6) is 0 Å². The fourth-order valence-corrected chi connectivity index (χ4v) is 9.61. The zero-order chi connectivity index (χ0) is 45.5. The first-order valence-electron chi connectivity index (χ1n) is 21.0. The molecule has 14 N–H and O–H groups in total. The van der Waals surface area contributed by atoms with E-state index in [9.17, 15) is 71.5 Å². The molecular formula is C36H56O28. The molecule has 9 fully saturated rings. The molecule has 0 unspecified atom stereocenters. The molecular weight excluding hydrogens is 880 g/mol. The minimum atomic E-state index is -1.88. The standard InChI is InChI=1S/C36H56O28/c37-1-7-13(40)26(17(44)31(50)54-7)62-35-21(48)29-23(11(58-35)5-52-29)60-34-20(47)28(15(42)9(3-39)56-34)64-36-22(49)30-24(12(59-36)6-53-30)61-33-19(46)27(14(41)8(2-38)55-33)63-32-18(45)25-16(43)10(57-32)4-51-25/h7-50H,1-6H2/t7-,8-,9-,10+,11+,12+,13+,14+,15+,16-,17-,18+,19-,20-,21+,22+,23-,24-,25-,26+,27+,28+,29+,30+,31-,32+,33+,34+,35+,36+/m1/s1. The van der Waals surface area contributed by atoms with Crippen molar-refractivity contribution in [3.8, 4) is 0 Å². The Kier molecular flexibility index (Phi) is 14.5. The Balaban J connectivity index is 0.831. The Morgan fingerprint density at radius 1 is 0.312 bits per heavy atom. The van der Waals surface area contributed by atoms with Crippen LogP contribution in [-0.4, -0.2) is 295 Å². The van der Waals surface area contributed by atoms with Gasteiger partial charge in [0, 0.05) is 0 Å². The summed E-state index contributed by atoms with van der Waals surface area (Å²) < 4.78 is 80.0. The van der Waals surface area contributed by atoms with Crippen LogP contribution in [0.1, 0.15) is 0 Å². The minimum Gasteiger partial charge on any atom is -0.394 e. The van der Waals surface area contributed by atoms with Gasteiger partial charge in [0.25, 0.3) is 0 Å². The Morgan fingerprint density at radius 3 is 1.08 bits per heavy atom. The summed E-state index contributed by atoms with van der Waals surface area (Å²) in [6.45, 7) is -2.74. The summed E-state index contributed by atoms with van der Waals surface area (Å²) in [5.74, 6) is 0. The summed E-state index contributed by atoms with van der Waals surface area (Å²) in [4.78, 5) is 0. The number of hydrogen-bond donors (Lipinski definition) is 14. The van der Waals surface area contributed by atoms with Gasteiger partial charge in [0.2, 0.25) is 0 Å². The molecule has 0 aromatic rings. The Labute approximate surface area is 361 Å². The molecule has 0 aromatic heterocycles. The summed E-state index contributed by atoms with van der Waals surface area (Å²) >= 11 is 0. The molecule has 9 saturated heterocycles. The van der Waals surface area contributed by atoms with Crippen LogP contribution in [0, 0.1) is 0 Å². The second kappa shape index (κ2) is 19.3. The molecule has 64 heavy (non-hydrogen) atoms. The Hall–Kier alpha value is -1.12. The number of fused-ring (bicyclic) bond motifs is 6. The second-order valence-electron chi connectivity index (χ2n) is 17.1. The van der Waals surface area contributed by atoms with E-state index < -0.39 is 204 Å². The number of aliphatic hydroxyl groups excluding tert-OH is 14. The maximum absolute atomic E-state index is 11.5. The molecule has 9 aliphatic rings. The van der Waals surface area contributed by atoms with Crippen molar-refractivity contribution in [2.75, 3.05) is 39.6 Å². The first kappa shape index (κ1) is 47.9. The van der Waals surface area contributed by atoms with Crippen LogP contribution in [-0.2, 0) is 66.3 Å². The van der Waals surface area contributed by atoms with Crippen LogP contribution in [0.15, 0.2) is 0 Å². The Bertz CT molecular complexity index is 1560. The van der Waals surface area contributed by atoms with Gasteiger partial charge in [-0.2, -0.15) is 0 Å². The van der Waals surface area contributed by atoms with Crippen molar-refractivity contribution >= 4 is 0 Å². The van der Waals surface area contributed by atoms with Gasteiger partial charge < -0.3 is 138 Å². The average Bonchev–Trinajstić information content (AvgIpc) is 3.87. The third-order valence-corrected chi connectivity index (χ3v) is 13.2. The minimum absolute atomic E-state index is 0.0399. The smallest absolute Gasteiger partial charge is 0.187 e. The highest BCUT2D eigenvalue weighted by molar-refractivity contribution is 5.03. The molecule has 9 aliphatic heterocycles. The molecule has 0 radical (unpaired) electrons. The summed E-state index contributed by atoms with van der Waals surface area (Å²) in [5.41, 5.74) is 0. The van der Waals surface area contributed by atoms with Crippen LogP contribution in [0.3, 0.4) is 0 Å². The lowest BCUT2D eigenvalue weighted by atomic mass is 9.96. The monoisotopic (exact) mass is 936 g/mol. The lowest BCUT2D eigenvalue weighted by molar-refractivity contribution is -0.380. The van der Waals surface area contributed by atoms with Crippen LogP contribution in [0.4, 0.5) is 0 Å². The van der Waals surface area contributed by atoms with Crippen LogP contribution >= 0.6 is 0 Å². The van der Waals surface area contributed by atoms with E-state index in [-0.39, 0.29) is 19.8 Å². The summed E-state index contributed by atoms with van der Waals surface area (Å²) in [5, 5.41) is 149. The van der Waals surface area contributed by atoms with Gasteiger partial charge in [-0.3, -0.25) is 0 Å². The van der Waals surface area contributed by atoms with Crippen molar-refractivity contribution in [2.24, 2.45) is 0 Å². The molecule has 368 valence electrons. The van der Waals surface area contributed by atoms with Crippen LogP contribution in [0.25, 0.3) is 0 Å². The highest BCUT2D eigenvalue weighted by Crippen LogP contribution is 2.41. The quantitative estimate of drug-likeness (QED) is 0.0815. The molecule has 9 heterocycles. The third kappa shape index (κ3) is 8.54. The van der Waals surface area contributed by atoms with Crippen LogP contribution in [0.2, 0.25) is 0 Å². The Morgan fingerprint density at radius 2 is 0.641 bits per heavy atom. The largest absolute Gasteiger partial charge is 0.394 e. The zero-order valence-corrected chi connectivity index (χ0v) is 33.5. The van der Waals surface area contributed by atoms with E-state index in [4.69, 9.17) is 66.3 Å². The van der Waals surface area contributed by atoms with E-state index in [1.807, 2.05) is 0 Å². The van der Waals surface area contributed by atoms with Crippen molar-refractivity contribution in [1.29, 1.82) is 0 Å². The molecule has 9 rings (SSSR count). The van der Waals surface area contributed by atoms with Gasteiger partial charge in [0.1, 0.15) is 146 Å². The van der Waals surface area contributed by atoms with Crippen molar-refractivity contribution < 1.29 is 138 Å². The highest BCUT2D eigenvalue weighted by atomic mass is 16.8. The van der Waals surface area contributed by atoms with Crippen molar-refractivity contribution in [3.63, 3.8) is 0 Å². The lowest BCUT2D eigenvalue weighted by Crippen LogP contribution is -2.66. The molecule has 0 saturated carbocycles. The van der Waals surface area contributed by atoms with E-state index in [1.54, 1.807) is 0 Å². The van der Waals surface area contributed by atoms with Gasteiger partial charge in [-0.15, -0.1) is 0 Å². The molecule has 0 aliphatic carbocycles. The van der Waals surface area contributed by atoms with E-state index in [0.717, 1.165) is 0 Å². The number of hydrogen-bond acceptors (Lipinski definition) is 28. The van der Waals surface area contributed by atoms with Gasteiger partial charge in [-0.1, -0.05) is 0 Å². The summed E-state index contributed by atoms with van der Waals surface area (Å²) in [6.07, 6.45) is -44.4. The average molecular weight is 937 g/mol. The van der Waals surface area contributed by atoms with E-state index >= 15 is 0 Å². The van der Waals surface area contributed by atoms with Gasteiger partial charge in [0.05, 0.1) is 39.6 Å². The van der Waals surface area contributed by atoms with Crippen molar-refractivity contribution in [2.45, 2.75) is 184 Å². The number of rotatable bonds is 13. The number of aliphatic hydroxyl groups is 14. The lowest BCUT2D eigenvalue weighted by Gasteiger charge is -2.48. The molecule has 30 atom stereocenters. The first-order chi connectivity index (χ1) is 30.6. The van der Waals surface area contributed by atoms with Gasteiger partial charge >= 0.3 is 0 Å². The highest BCUT2D eigenvalue weighted by Gasteiger charge is 2.61. The first-order valence-corrected chi connectivity index (χ1v) is 21.0. The fourth-order valence-electron chi connectivity index (χ4n) is 9.61.